The molecule has 0 spiro atoms. The molecule has 0 aliphatic rings. The minimum Gasteiger partial charge on any atom is -0.481 e. The van der Waals surface area contributed by atoms with Crippen molar-refractivity contribution in [2.45, 2.75) is 13.0 Å². The molecule has 1 rings (SSSR count). The van der Waals surface area contributed by atoms with Gasteiger partial charge in [-0.2, -0.15) is 0 Å². The van der Waals surface area contributed by atoms with E-state index < -0.39 is 12.0 Å². The molecule has 1 atom stereocenters. The number of aliphatic hydroxyl groups excluding tert-OH is 1. The Labute approximate surface area is 104 Å². The monoisotopic (exact) mass is 259 g/mol. The molecule has 94 valence electrons. The van der Waals surface area contributed by atoms with Gasteiger partial charge in [0.2, 0.25) is 0 Å². The zero-order valence-electron chi connectivity index (χ0n) is 9.35. The molecule has 1 aromatic carbocycles. The SMILES string of the molecule is CC(Oc1ccc(Cl)cc1)C(=O)NOCCO. The molecule has 5 nitrogen and oxygen atoms in total. The Balaban J connectivity index is 2.40. The summed E-state index contributed by atoms with van der Waals surface area (Å²) in [4.78, 5) is 16.1. The highest BCUT2D eigenvalue weighted by Crippen LogP contribution is 2.16. The number of halogens is 1. The highest BCUT2D eigenvalue weighted by molar-refractivity contribution is 6.30. The Morgan fingerprint density at radius 3 is 2.71 bits per heavy atom. The normalized spacial score (nSPS) is 11.9. The molecular weight excluding hydrogens is 246 g/mol. The number of amides is 1. The van der Waals surface area contributed by atoms with Gasteiger partial charge in [-0.15, -0.1) is 0 Å². The van der Waals surface area contributed by atoms with Crippen LogP contribution < -0.4 is 10.2 Å². The Kier molecular flexibility index (Phi) is 5.76. The number of ether oxygens (including phenoxy) is 1. The summed E-state index contributed by atoms with van der Waals surface area (Å²) in [7, 11) is 0. The highest BCUT2D eigenvalue weighted by atomic mass is 35.5. The molecule has 0 heterocycles. The molecule has 0 aliphatic heterocycles. The average molecular weight is 260 g/mol. The maximum atomic E-state index is 11.4. The van der Waals surface area contributed by atoms with Gasteiger partial charge >= 0.3 is 0 Å². The second kappa shape index (κ2) is 7.11. The van der Waals surface area contributed by atoms with E-state index in [1.807, 2.05) is 0 Å². The Hall–Kier alpha value is -1.30. The van der Waals surface area contributed by atoms with E-state index >= 15 is 0 Å². The van der Waals surface area contributed by atoms with Gasteiger partial charge in [0, 0.05) is 5.02 Å². The van der Waals surface area contributed by atoms with Crippen molar-refractivity contribution >= 4 is 17.5 Å². The van der Waals surface area contributed by atoms with Gasteiger partial charge in [-0.3, -0.25) is 9.63 Å². The Morgan fingerprint density at radius 2 is 2.12 bits per heavy atom. The number of nitrogens with one attached hydrogen (secondary N) is 1. The van der Waals surface area contributed by atoms with Crippen LogP contribution in [0.3, 0.4) is 0 Å². The quantitative estimate of drug-likeness (QED) is 0.594. The second-order valence-corrected chi connectivity index (χ2v) is 3.69. The fourth-order valence-corrected chi connectivity index (χ4v) is 1.15. The first-order valence-electron chi connectivity index (χ1n) is 5.08. The topological polar surface area (TPSA) is 67.8 Å². The standard InChI is InChI=1S/C11H14ClNO4/c1-8(11(15)13-16-7-6-14)17-10-4-2-9(12)3-5-10/h2-5,8,14H,6-7H2,1H3,(H,13,15). The Morgan fingerprint density at radius 1 is 1.47 bits per heavy atom. The molecule has 0 fully saturated rings. The van der Waals surface area contributed by atoms with Crippen molar-refractivity contribution < 1.29 is 19.5 Å². The number of hydroxylamine groups is 1. The van der Waals surface area contributed by atoms with Crippen molar-refractivity contribution in [3.63, 3.8) is 0 Å². The molecule has 6 heteroatoms. The van der Waals surface area contributed by atoms with E-state index in [0.29, 0.717) is 10.8 Å². The molecule has 0 aromatic heterocycles. The minimum atomic E-state index is -0.699. The van der Waals surface area contributed by atoms with Crippen LogP contribution in [0.25, 0.3) is 0 Å². The van der Waals surface area contributed by atoms with E-state index in [-0.39, 0.29) is 13.2 Å². The van der Waals surface area contributed by atoms with Gasteiger partial charge in [-0.1, -0.05) is 11.6 Å². The summed E-state index contributed by atoms with van der Waals surface area (Å²) in [6.07, 6.45) is -0.699. The second-order valence-electron chi connectivity index (χ2n) is 3.25. The zero-order valence-corrected chi connectivity index (χ0v) is 10.1. The number of benzene rings is 1. The van der Waals surface area contributed by atoms with Crippen LogP contribution in [0.15, 0.2) is 24.3 Å². The third kappa shape index (κ3) is 5.04. The van der Waals surface area contributed by atoms with E-state index in [4.69, 9.17) is 21.4 Å². The van der Waals surface area contributed by atoms with Crippen molar-refractivity contribution in [1.29, 1.82) is 0 Å². The molecule has 1 aromatic rings. The van der Waals surface area contributed by atoms with E-state index in [9.17, 15) is 4.79 Å². The lowest BCUT2D eigenvalue weighted by Gasteiger charge is -2.14. The van der Waals surface area contributed by atoms with Crippen LogP contribution in [0.5, 0.6) is 5.75 Å². The molecule has 0 saturated carbocycles. The van der Waals surface area contributed by atoms with Crippen LogP contribution in [0, 0.1) is 0 Å². The summed E-state index contributed by atoms with van der Waals surface area (Å²) < 4.78 is 5.35. The van der Waals surface area contributed by atoms with Crippen molar-refractivity contribution in [1.82, 2.24) is 5.48 Å². The van der Waals surface area contributed by atoms with Crippen LogP contribution >= 0.6 is 11.6 Å². The summed E-state index contributed by atoms with van der Waals surface area (Å²) in [5, 5.41) is 9.06. The molecular formula is C11H14ClNO4. The number of hydrogen-bond acceptors (Lipinski definition) is 4. The number of carbonyl (C=O) groups excluding carboxylic acids is 1. The maximum absolute atomic E-state index is 11.4. The first kappa shape index (κ1) is 13.8. The summed E-state index contributed by atoms with van der Waals surface area (Å²) in [5.74, 6) is 0.118. The first-order chi connectivity index (χ1) is 8.13. The van der Waals surface area contributed by atoms with E-state index in [1.54, 1.807) is 31.2 Å². The van der Waals surface area contributed by atoms with Crippen molar-refractivity contribution in [2.75, 3.05) is 13.2 Å². The molecule has 0 radical (unpaired) electrons. The molecule has 0 aliphatic carbocycles. The fourth-order valence-electron chi connectivity index (χ4n) is 1.02. The van der Waals surface area contributed by atoms with Crippen LogP contribution in [-0.4, -0.2) is 30.3 Å². The number of rotatable bonds is 6. The fraction of sp³-hybridized carbons (Fsp3) is 0.364. The number of hydrogen-bond donors (Lipinski definition) is 2. The van der Waals surface area contributed by atoms with Crippen LogP contribution in [0.1, 0.15) is 6.92 Å². The van der Waals surface area contributed by atoms with E-state index in [0.717, 1.165) is 0 Å². The van der Waals surface area contributed by atoms with Gasteiger partial charge in [-0.05, 0) is 31.2 Å². The zero-order chi connectivity index (χ0) is 12.7. The van der Waals surface area contributed by atoms with Crippen molar-refractivity contribution in [3.8, 4) is 5.75 Å². The van der Waals surface area contributed by atoms with Crippen molar-refractivity contribution in [2.24, 2.45) is 0 Å². The van der Waals surface area contributed by atoms with Gasteiger partial charge in [0.15, 0.2) is 6.10 Å². The molecule has 17 heavy (non-hydrogen) atoms. The van der Waals surface area contributed by atoms with Gasteiger partial charge in [0.1, 0.15) is 5.75 Å². The lowest BCUT2D eigenvalue weighted by Crippen LogP contribution is -2.36. The number of aliphatic hydroxyl groups is 1. The molecule has 0 bridgehead atoms. The first-order valence-corrected chi connectivity index (χ1v) is 5.46. The third-order valence-electron chi connectivity index (χ3n) is 1.86. The Bertz CT molecular complexity index is 355. The van der Waals surface area contributed by atoms with E-state index in [1.165, 1.54) is 0 Å². The lowest BCUT2D eigenvalue weighted by atomic mass is 10.3. The largest absolute Gasteiger partial charge is 0.481 e. The van der Waals surface area contributed by atoms with Crippen LogP contribution in [0.4, 0.5) is 0 Å². The van der Waals surface area contributed by atoms with Crippen LogP contribution in [-0.2, 0) is 9.63 Å². The number of carbonyl (C=O) groups is 1. The van der Waals surface area contributed by atoms with Gasteiger partial charge < -0.3 is 9.84 Å². The predicted molar refractivity (Wildman–Crippen MR) is 62.7 cm³/mol. The molecule has 0 saturated heterocycles. The third-order valence-corrected chi connectivity index (χ3v) is 2.11. The summed E-state index contributed by atoms with van der Waals surface area (Å²) in [5.41, 5.74) is 2.16. The smallest absolute Gasteiger partial charge is 0.284 e. The van der Waals surface area contributed by atoms with Crippen molar-refractivity contribution in [3.05, 3.63) is 29.3 Å². The van der Waals surface area contributed by atoms with Gasteiger partial charge in [0.05, 0.1) is 13.2 Å². The summed E-state index contributed by atoms with van der Waals surface area (Å²) >= 11 is 5.72. The predicted octanol–water partition coefficient (Wildman–Crippen LogP) is 1.15. The van der Waals surface area contributed by atoms with Crippen LogP contribution in [0.2, 0.25) is 5.02 Å². The van der Waals surface area contributed by atoms with Gasteiger partial charge in [-0.25, -0.2) is 5.48 Å². The van der Waals surface area contributed by atoms with Gasteiger partial charge in [0.25, 0.3) is 5.91 Å². The summed E-state index contributed by atoms with van der Waals surface area (Å²) in [6, 6.07) is 6.68. The molecule has 1 amide bonds. The highest BCUT2D eigenvalue weighted by Gasteiger charge is 2.14. The lowest BCUT2D eigenvalue weighted by molar-refractivity contribution is -0.140. The minimum absolute atomic E-state index is 0.0411. The van der Waals surface area contributed by atoms with E-state index in [2.05, 4.69) is 10.3 Å². The maximum Gasteiger partial charge on any atom is 0.284 e. The molecule has 2 N–H and O–H groups in total. The average Bonchev–Trinajstić information content (AvgIpc) is 2.32. The summed E-state index contributed by atoms with van der Waals surface area (Å²) in [6.45, 7) is 1.47. The molecule has 1 unspecified atom stereocenters.